The van der Waals surface area contributed by atoms with Gasteiger partial charge in [0, 0.05) is 25.0 Å². The molecule has 0 heterocycles. The molecule has 1 aliphatic carbocycles. The van der Waals surface area contributed by atoms with Gasteiger partial charge in [0.2, 0.25) is 11.9 Å². The zero-order valence-electron chi connectivity index (χ0n) is 16.4. The Balaban J connectivity index is 2.10. The van der Waals surface area contributed by atoms with Gasteiger partial charge in [0.1, 0.15) is 0 Å². The summed E-state index contributed by atoms with van der Waals surface area (Å²) in [6.07, 6.45) is 5.57. The molecule has 1 aliphatic rings. The molecule has 0 atom stereocenters. The quantitative estimate of drug-likeness (QED) is 0.270. The maximum atomic E-state index is 12.3. The number of amides is 1. The third-order valence-corrected chi connectivity index (χ3v) is 5.24. The lowest BCUT2D eigenvalue weighted by Gasteiger charge is -2.41. The summed E-state index contributed by atoms with van der Waals surface area (Å²) >= 11 is 0. The van der Waals surface area contributed by atoms with Gasteiger partial charge >= 0.3 is 0 Å². The molecule has 1 aromatic carbocycles. The zero-order chi connectivity index (χ0) is 19.9. The molecule has 7 nitrogen and oxygen atoms in total. The van der Waals surface area contributed by atoms with Crippen LogP contribution in [0.3, 0.4) is 0 Å². The van der Waals surface area contributed by atoms with Crippen LogP contribution in [0.2, 0.25) is 0 Å². The van der Waals surface area contributed by atoms with Crippen LogP contribution in [0, 0.1) is 11.5 Å². The number of nitriles is 1. The fourth-order valence-electron chi connectivity index (χ4n) is 3.55. The molecule has 146 valence electrons. The van der Waals surface area contributed by atoms with Gasteiger partial charge in [-0.05, 0) is 45.1 Å². The molecule has 1 amide bonds. The highest BCUT2D eigenvalue weighted by molar-refractivity contribution is 5.85. The summed E-state index contributed by atoms with van der Waals surface area (Å²) in [6.45, 7) is 3.99. The molecule has 0 bridgehead atoms. The number of rotatable bonds is 5. The lowest BCUT2D eigenvalue weighted by Crippen LogP contribution is -2.54. The minimum Gasteiger partial charge on any atom is -0.354 e. The number of guanidine groups is 1. The second-order valence-corrected chi connectivity index (χ2v) is 7.78. The Hall–Kier alpha value is -2.59. The predicted octanol–water partition coefficient (Wildman–Crippen LogP) is 1.37. The monoisotopic (exact) mass is 370 g/mol. The largest absolute Gasteiger partial charge is 0.354 e. The summed E-state index contributed by atoms with van der Waals surface area (Å²) in [5, 5.41) is 17.7. The van der Waals surface area contributed by atoms with Crippen molar-refractivity contribution in [3.63, 3.8) is 0 Å². The molecule has 1 saturated carbocycles. The van der Waals surface area contributed by atoms with Crippen molar-refractivity contribution in [3.8, 4) is 6.19 Å². The minimum absolute atomic E-state index is 0.119. The Labute approximate surface area is 161 Å². The van der Waals surface area contributed by atoms with Gasteiger partial charge in [-0.25, -0.2) is 0 Å². The first-order valence-electron chi connectivity index (χ1n) is 9.32. The summed E-state index contributed by atoms with van der Waals surface area (Å²) < 4.78 is 0. The number of nitrogens with one attached hydrogen (secondary N) is 3. The van der Waals surface area contributed by atoms with E-state index >= 15 is 0 Å². The number of benzene rings is 1. The van der Waals surface area contributed by atoms with E-state index in [0.717, 1.165) is 25.7 Å². The molecule has 1 fully saturated rings. The number of nitrogens with two attached hydrogens (primary N) is 1. The van der Waals surface area contributed by atoms with Gasteiger partial charge in [-0.1, -0.05) is 30.3 Å². The smallest absolute Gasteiger partial charge is 0.239 e. The normalized spacial score (nSPS) is 23.2. The first kappa shape index (κ1) is 20.7. The van der Waals surface area contributed by atoms with Crippen LogP contribution in [0.25, 0.3) is 0 Å². The molecular formula is C20H30N6O. The Bertz CT molecular complexity index is 693. The van der Waals surface area contributed by atoms with E-state index < -0.39 is 5.54 Å². The molecule has 7 heteroatoms. The van der Waals surface area contributed by atoms with E-state index in [4.69, 9.17) is 11.0 Å². The average molecular weight is 371 g/mol. The fraction of sp³-hybridized carbons (Fsp3) is 0.550. The molecule has 2 rings (SSSR count). The van der Waals surface area contributed by atoms with Crippen LogP contribution < -0.4 is 21.7 Å². The van der Waals surface area contributed by atoms with Crippen molar-refractivity contribution in [2.24, 2.45) is 10.7 Å². The van der Waals surface area contributed by atoms with Crippen LogP contribution in [0.4, 0.5) is 0 Å². The van der Waals surface area contributed by atoms with Gasteiger partial charge in [0.05, 0.1) is 5.54 Å². The van der Waals surface area contributed by atoms with E-state index in [-0.39, 0.29) is 17.4 Å². The molecule has 0 spiro atoms. The van der Waals surface area contributed by atoms with E-state index in [0.29, 0.717) is 12.5 Å². The lowest BCUT2D eigenvalue weighted by atomic mass is 9.68. The number of hydrogen-bond acceptors (Lipinski definition) is 4. The summed E-state index contributed by atoms with van der Waals surface area (Å²) in [5.41, 5.74) is 6.15. The molecule has 0 aliphatic heterocycles. The first-order valence-corrected chi connectivity index (χ1v) is 9.32. The summed E-state index contributed by atoms with van der Waals surface area (Å²) in [7, 11) is 1.65. The molecule has 27 heavy (non-hydrogen) atoms. The van der Waals surface area contributed by atoms with Crippen molar-refractivity contribution in [1.29, 1.82) is 5.26 Å². The first-order chi connectivity index (χ1) is 12.8. The minimum atomic E-state index is -0.897. The topological polar surface area (TPSA) is 115 Å². The van der Waals surface area contributed by atoms with E-state index in [1.54, 1.807) is 20.9 Å². The van der Waals surface area contributed by atoms with E-state index in [1.165, 1.54) is 5.56 Å². The maximum Gasteiger partial charge on any atom is 0.239 e. The summed E-state index contributed by atoms with van der Waals surface area (Å²) in [6, 6.07) is 10.6. The SMILES string of the molecule is CN=C(NC#N)NC1CCC(CNC(=O)C(C)(C)N)(c2ccccc2)CC1. The van der Waals surface area contributed by atoms with E-state index in [1.807, 2.05) is 24.4 Å². The predicted molar refractivity (Wildman–Crippen MR) is 107 cm³/mol. The van der Waals surface area contributed by atoms with Crippen molar-refractivity contribution in [2.75, 3.05) is 13.6 Å². The van der Waals surface area contributed by atoms with Crippen LogP contribution in [0.5, 0.6) is 0 Å². The van der Waals surface area contributed by atoms with Crippen molar-refractivity contribution < 1.29 is 4.79 Å². The highest BCUT2D eigenvalue weighted by Gasteiger charge is 2.38. The Morgan fingerprint density at radius 1 is 1.33 bits per heavy atom. The third kappa shape index (κ3) is 5.44. The highest BCUT2D eigenvalue weighted by Crippen LogP contribution is 2.39. The molecular weight excluding hydrogens is 340 g/mol. The van der Waals surface area contributed by atoms with Crippen LogP contribution in [-0.4, -0.2) is 37.0 Å². The molecule has 0 unspecified atom stereocenters. The van der Waals surface area contributed by atoms with Crippen LogP contribution in [0.15, 0.2) is 35.3 Å². The Morgan fingerprint density at radius 2 is 1.96 bits per heavy atom. The third-order valence-electron chi connectivity index (χ3n) is 5.24. The van der Waals surface area contributed by atoms with E-state index in [2.05, 4.69) is 33.1 Å². The molecule has 5 N–H and O–H groups in total. The number of nitrogens with zero attached hydrogens (tertiary/aromatic N) is 2. The molecule has 1 aromatic rings. The zero-order valence-corrected chi connectivity index (χ0v) is 16.4. The van der Waals surface area contributed by atoms with Crippen molar-refractivity contribution in [1.82, 2.24) is 16.0 Å². The number of aliphatic imine (C=N–C) groups is 1. The summed E-state index contributed by atoms with van der Waals surface area (Å²) in [5.74, 6) is 0.351. The number of hydrogen-bond donors (Lipinski definition) is 4. The molecule has 0 radical (unpaired) electrons. The van der Waals surface area contributed by atoms with E-state index in [9.17, 15) is 4.79 Å². The van der Waals surface area contributed by atoms with Gasteiger partial charge in [-0.15, -0.1) is 0 Å². The summed E-state index contributed by atoms with van der Waals surface area (Å²) in [4.78, 5) is 16.4. The molecule has 0 saturated heterocycles. The molecule has 0 aromatic heterocycles. The Kier molecular flexibility index (Phi) is 6.81. The van der Waals surface area contributed by atoms with Gasteiger partial charge in [-0.2, -0.15) is 5.26 Å². The van der Waals surface area contributed by atoms with Crippen molar-refractivity contribution in [3.05, 3.63) is 35.9 Å². The van der Waals surface area contributed by atoms with Crippen LogP contribution in [0.1, 0.15) is 45.1 Å². The number of carbonyl (C=O) groups is 1. The van der Waals surface area contributed by atoms with Crippen LogP contribution in [-0.2, 0) is 10.2 Å². The van der Waals surface area contributed by atoms with Crippen molar-refractivity contribution in [2.45, 2.75) is 56.5 Å². The second-order valence-electron chi connectivity index (χ2n) is 7.78. The number of carbonyl (C=O) groups excluding carboxylic acids is 1. The lowest BCUT2D eigenvalue weighted by molar-refractivity contribution is -0.125. The second kappa shape index (κ2) is 8.87. The van der Waals surface area contributed by atoms with Gasteiger partial charge in [-0.3, -0.25) is 15.1 Å². The standard InChI is InChI=1S/C20H30N6O/c1-19(2,22)17(27)24-13-20(15-7-5-4-6-8-15)11-9-16(10-12-20)26-18(23-3)25-14-21/h4-8,16H,9-13,22H2,1-3H3,(H,24,27)(H2,23,25,26). The van der Waals surface area contributed by atoms with Crippen molar-refractivity contribution >= 4 is 11.9 Å². The Morgan fingerprint density at radius 3 is 2.48 bits per heavy atom. The van der Waals surface area contributed by atoms with Gasteiger partial charge < -0.3 is 16.4 Å². The highest BCUT2D eigenvalue weighted by atomic mass is 16.2. The average Bonchev–Trinajstić information content (AvgIpc) is 2.67. The van der Waals surface area contributed by atoms with Gasteiger partial charge in [0.25, 0.3) is 0 Å². The van der Waals surface area contributed by atoms with Crippen LogP contribution >= 0.6 is 0 Å². The maximum absolute atomic E-state index is 12.3. The fourth-order valence-corrected chi connectivity index (χ4v) is 3.55. The van der Waals surface area contributed by atoms with Gasteiger partial charge in [0.15, 0.2) is 6.19 Å².